The topological polar surface area (TPSA) is 6.48 Å². The van der Waals surface area contributed by atoms with Crippen LogP contribution in [-0.4, -0.2) is 19.3 Å². The lowest BCUT2D eigenvalue weighted by Gasteiger charge is -2.51. The van der Waals surface area contributed by atoms with Gasteiger partial charge in [-0.25, -0.2) is 0 Å². The molecule has 1 aliphatic heterocycles. The fourth-order valence-electron chi connectivity index (χ4n) is 4.91. The molecule has 166 valence electrons. The molecule has 0 N–H and O–H groups in total. The molecular formula is C28H44N2. The highest BCUT2D eigenvalue weighted by Crippen LogP contribution is 2.45. The molecule has 0 aliphatic carbocycles. The van der Waals surface area contributed by atoms with Crippen molar-refractivity contribution in [2.45, 2.75) is 98.1 Å². The summed E-state index contributed by atoms with van der Waals surface area (Å²) in [6, 6.07) is 11.8. The molecule has 3 rings (SSSR count). The number of hydrogen-bond acceptors (Lipinski definition) is 2. The highest BCUT2D eigenvalue weighted by molar-refractivity contribution is 6.06. The molecule has 0 radical (unpaired) electrons. The number of unbranched alkanes of at least 4 members (excludes halogenated alkanes) is 5. The largest absolute Gasteiger partial charge is 0.352 e. The highest BCUT2D eigenvalue weighted by atomic mass is 15.4. The van der Waals surface area contributed by atoms with Crippen LogP contribution >= 0.6 is 0 Å². The van der Waals surface area contributed by atoms with Crippen molar-refractivity contribution in [1.29, 1.82) is 0 Å². The lowest BCUT2D eigenvalue weighted by molar-refractivity contribution is 0.437. The van der Waals surface area contributed by atoms with E-state index in [4.69, 9.17) is 0 Å². The van der Waals surface area contributed by atoms with Crippen molar-refractivity contribution in [3.05, 3.63) is 35.9 Å². The van der Waals surface area contributed by atoms with Gasteiger partial charge >= 0.3 is 0 Å². The van der Waals surface area contributed by atoms with Gasteiger partial charge in [0.2, 0.25) is 0 Å². The van der Waals surface area contributed by atoms with Crippen molar-refractivity contribution >= 4 is 22.1 Å². The van der Waals surface area contributed by atoms with Gasteiger partial charge in [0, 0.05) is 30.4 Å². The minimum atomic E-state index is -0.0139. The summed E-state index contributed by atoms with van der Waals surface area (Å²) in [4.78, 5) is 5.17. The summed E-state index contributed by atoms with van der Waals surface area (Å²) in [6.07, 6.45) is 11.8. The van der Waals surface area contributed by atoms with Crippen LogP contribution in [0.1, 0.15) is 91.5 Å². The van der Waals surface area contributed by atoms with Crippen LogP contribution in [0.15, 0.2) is 30.3 Å². The normalized spacial score (nSPS) is 16.3. The maximum atomic E-state index is 2.69. The van der Waals surface area contributed by atoms with Gasteiger partial charge in [0.25, 0.3) is 0 Å². The Morgan fingerprint density at radius 3 is 2.40 bits per heavy atom. The van der Waals surface area contributed by atoms with Crippen LogP contribution in [0, 0.1) is 5.92 Å². The summed E-state index contributed by atoms with van der Waals surface area (Å²) in [7, 11) is 2.27. The summed E-state index contributed by atoms with van der Waals surface area (Å²) in [5.41, 5.74) is 4.32. The van der Waals surface area contributed by atoms with Crippen molar-refractivity contribution < 1.29 is 0 Å². The number of benzene rings is 2. The van der Waals surface area contributed by atoms with E-state index in [0.717, 1.165) is 12.5 Å². The fourth-order valence-corrected chi connectivity index (χ4v) is 4.91. The molecule has 1 unspecified atom stereocenters. The molecule has 0 saturated carbocycles. The lowest BCUT2D eigenvalue weighted by atomic mass is 9.92. The summed E-state index contributed by atoms with van der Waals surface area (Å²) < 4.78 is 0. The van der Waals surface area contributed by atoms with E-state index in [1.165, 1.54) is 85.5 Å². The molecule has 0 fully saturated rings. The molecule has 1 aliphatic rings. The molecule has 2 aromatic carbocycles. The molecule has 0 saturated heterocycles. The van der Waals surface area contributed by atoms with Crippen LogP contribution in [0.25, 0.3) is 10.8 Å². The average Bonchev–Trinajstić information content (AvgIpc) is 2.74. The summed E-state index contributed by atoms with van der Waals surface area (Å²) in [5, 5.41) is 2.84. The minimum absolute atomic E-state index is 0.0139. The number of rotatable bonds is 11. The van der Waals surface area contributed by atoms with Crippen LogP contribution in [0.3, 0.4) is 0 Å². The van der Waals surface area contributed by atoms with Crippen molar-refractivity contribution in [3.8, 4) is 0 Å². The van der Waals surface area contributed by atoms with Gasteiger partial charge in [-0.1, -0.05) is 77.5 Å². The Morgan fingerprint density at radius 1 is 0.933 bits per heavy atom. The standard InChI is InChI=1S/C28H44N2/c1-7-9-10-11-12-13-19-30-26-21-23(18-17-22(3)8-2)20-24-15-14-16-25(27(24)26)29(6)28(30,4)5/h14-16,20-22H,7-13,17-19H2,1-6H3. The van der Waals surface area contributed by atoms with E-state index in [-0.39, 0.29) is 5.66 Å². The van der Waals surface area contributed by atoms with Crippen molar-refractivity contribution in [2.75, 3.05) is 23.4 Å². The summed E-state index contributed by atoms with van der Waals surface area (Å²) >= 11 is 0. The van der Waals surface area contributed by atoms with E-state index in [0.29, 0.717) is 0 Å². The number of nitrogens with zero attached hydrogens (tertiary/aromatic N) is 2. The summed E-state index contributed by atoms with van der Waals surface area (Å²) in [6.45, 7) is 12.9. The summed E-state index contributed by atoms with van der Waals surface area (Å²) in [5.74, 6) is 0.796. The predicted molar refractivity (Wildman–Crippen MR) is 135 cm³/mol. The first-order chi connectivity index (χ1) is 14.4. The van der Waals surface area contributed by atoms with Crippen molar-refractivity contribution in [3.63, 3.8) is 0 Å². The molecule has 0 amide bonds. The third-order valence-corrected chi connectivity index (χ3v) is 7.49. The van der Waals surface area contributed by atoms with Crippen LogP contribution in [0.2, 0.25) is 0 Å². The molecule has 2 heteroatoms. The molecule has 0 bridgehead atoms. The zero-order valence-corrected chi connectivity index (χ0v) is 20.4. The molecule has 1 heterocycles. The molecule has 0 aromatic heterocycles. The second kappa shape index (κ2) is 10.1. The monoisotopic (exact) mass is 408 g/mol. The molecule has 30 heavy (non-hydrogen) atoms. The Bertz CT molecular complexity index is 823. The Labute approximate surface area is 185 Å². The number of anilines is 2. The van der Waals surface area contributed by atoms with Crippen LogP contribution in [0.5, 0.6) is 0 Å². The van der Waals surface area contributed by atoms with Crippen LogP contribution in [-0.2, 0) is 6.42 Å². The first-order valence-corrected chi connectivity index (χ1v) is 12.5. The average molecular weight is 409 g/mol. The van der Waals surface area contributed by atoms with Crippen LogP contribution in [0.4, 0.5) is 11.4 Å². The van der Waals surface area contributed by atoms with E-state index >= 15 is 0 Å². The van der Waals surface area contributed by atoms with Gasteiger partial charge in [-0.05, 0) is 62.1 Å². The Hall–Kier alpha value is -1.70. The zero-order valence-electron chi connectivity index (χ0n) is 20.4. The van der Waals surface area contributed by atoms with Gasteiger partial charge in [0.05, 0.1) is 0 Å². The van der Waals surface area contributed by atoms with E-state index < -0.39 is 0 Å². The second-order valence-electron chi connectivity index (χ2n) is 10.0. The Kier molecular flexibility index (Phi) is 7.71. The number of hydrogen-bond donors (Lipinski definition) is 0. The Morgan fingerprint density at radius 2 is 1.67 bits per heavy atom. The van der Waals surface area contributed by atoms with E-state index in [1.54, 1.807) is 0 Å². The first-order valence-electron chi connectivity index (χ1n) is 12.5. The smallest absolute Gasteiger partial charge is 0.107 e. The van der Waals surface area contributed by atoms with Gasteiger partial charge in [-0.15, -0.1) is 0 Å². The van der Waals surface area contributed by atoms with Crippen molar-refractivity contribution in [1.82, 2.24) is 0 Å². The molecule has 2 nitrogen and oxygen atoms in total. The van der Waals surface area contributed by atoms with E-state index in [1.807, 2.05) is 0 Å². The van der Waals surface area contributed by atoms with Gasteiger partial charge in [0.15, 0.2) is 0 Å². The SMILES string of the molecule is CCCCCCCCN1c2cc(CCC(C)CC)cc3cccc(c23)N(C)C1(C)C. The third-order valence-electron chi connectivity index (χ3n) is 7.49. The zero-order chi connectivity index (χ0) is 21.7. The maximum Gasteiger partial charge on any atom is 0.107 e. The molecule has 1 atom stereocenters. The fraction of sp³-hybridized carbons (Fsp3) is 0.643. The van der Waals surface area contributed by atoms with Gasteiger partial charge in [0.1, 0.15) is 5.66 Å². The Balaban J connectivity index is 1.91. The maximum absolute atomic E-state index is 2.69. The molecule has 0 spiro atoms. The number of aryl methyl sites for hydroxylation is 1. The molecule has 2 aromatic rings. The quantitative estimate of drug-likeness (QED) is 0.346. The minimum Gasteiger partial charge on any atom is -0.352 e. The second-order valence-corrected chi connectivity index (χ2v) is 10.0. The van der Waals surface area contributed by atoms with Gasteiger partial charge in [-0.3, -0.25) is 0 Å². The third kappa shape index (κ3) is 4.79. The van der Waals surface area contributed by atoms with Crippen LogP contribution < -0.4 is 9.80 Å². The highest BCUT2D eigenvalue weighted by Gasteiger charge is 2.37. The predicted octanol–water partition coefficient (Wildman–Crippen LogP) is 8.17. The van der Waals surface area contributed by atoms with E-state index in [2.05, 4.69) is 81.8 Å². The van der Waals surface area contributed by atoms with Crippen molar-refractivity contribution in [2.24, 2.45) is 5.92 Å². The van der Waals surface area contributed by atoms with Gasteiger partial charge in [-0.2, -0.15) is 0 Å². The molecular weight excluding hydrogens is 364 g/mol. The first kappa shape index (κ1) is 23.0. The van der Waals surface area contributed by atoms with Gasteiger partial charge < -0.3 is 9.80 Å². The lowest BCUT2D eigenvalue weighted by Crippen LogP contribution is -2.58. The van der Waals surface area contributed by atoms with E-state index in [9.17, 15) is 0 Å².